The van der Waals surface area contributed by atoms with Gasteiger partial charge in [0.1, 0.15) is 12.2 Å². The number of fused-ring (bicyclic) bond motifs is 4. The summed E-state index contributed by atoms with van der Waals surface area (Å²) in [4.78, 5) is 0. The molecule has 3 N–H and O–H groups in total. The van der Waals surface area contributed by atoms with E-state index in [0.717, 1.165) is 63.5 Å². The maximum absolute atomic E-state index is 12.3. The summed E-state index contributed by atoms with van der Waals surface area (Å²) in [6.45, 7) is 4.42. The third-order valence-electron chi connectivity index (χ3n) is 11.7. The van der Waals surface area contributed by atoms with Gasteiger partial charge < -0.3 is 34.3 Å². The van der Waals surface area contributed by atoms with Gasteiger partial charge in [-0.05, 0) is 86.3 Å². The van der Waals surface area contributed by atoms with E-state index < -0.39 is 22.4 Å². The highest BCUT2D eigenvalue weighted by Crippen LogP contribution is 2.67. The Hall–Kier alpha value is -1.76. The predicted octanol–water partition coefficient (Wildman–Crippen LogP) is 4.72. The summed E-state index contributed by atoms with van der Waals surface area (Å²) in [5.74, 6) is 6.46. The van der Waals surface area contributed by atoms with Crippen LogP contribution < -0.4 is 0 Å². The van der Waals surface area contributed by atoms with Crippen molar-refractivity contribution in [3.63, 3.8) is 0 Å². The number of aliphatic hydroxyl groups excluding tert-OH is 1. The summed E-state index contributed by atoms with van der Waals surface area (Å²) in [5, 5.41) is 34.2. The van der Waals surface area contributed by atoms with E-state index in [0.29, 0.717) is 32.5 Å². The SMILES string of the molecule is C[C@]12C[C@H](c3ccc(CO)cc3)C3=C4CCC5(C[C@]4(O)CCC3C1CC[C@@]2(O)C#CCOC1CCCCO1)OCCO5. The molecule has 1 aromatic carbocycles. The van der Waals surface area contributed by atoms with E-state index in [4.69, 9.17) is 18.9 Å². The Morgan fingerprint density at radius 1 is 0.976 bits per heavy atom. The number of ether oxygens (including phenoxy) is 4. The summed E-state index contributed by atoms with van der Waals surface area (Å²) >= 11 is 0. The molecule has 6 aliphatic rings. The Labute approximate surface area is 249 Å². The Kier molecular flexibility index (Phi) is 7.59. The van der Waals surface area contributed by atoms with Crippen LogP contribution in [0.25, 0.3) is 0 Å². The standard InChI is InChI=1S/C35H46O7/c1-32-21-27(25-8-6-24(22-36)7-9-25)31-26(10-14-33(37)23-35(16-12-29(31)33)41-19-20-42-35)28(32)11-15-34(32,38)13-4-18-40-30-5-2-3-17-39-30/h6-9,26-28,30,36-38H,2-3,5,10-12,14-23H2,1H3/t26?,27-,28?,30?,32+,33-,34+/m1/s1. The van der Waals surface area contributed by atoms with Gasteiger partial charge in [0.25, 0.3) is 0 Å². The van der Waals surface area contributed by atoms with Gasteiger partial charge >= 0.3 is 0 Å². The topological polar surface area (TPSA) is 97.6 Å². The van der Waals surface area contributed by atoms with E-state index in [2.05, 4.69) is 30.9 Å². The van der Waals surface area contributed by atoms with Crippen LogP contribution >= 0.6 is 0 Å². The zero-order valence-corrected chi connectivity index (χ0v) is 24.9. The lowest BCUT2D eigenvalue weighted by Gasteiger charge is -2.57. The third kappa shape index (κ3) is 4.79. The van der Waals surface area contributed by atoms with Crippen LogP contribution in [0.1, 0.15) is 94.6 Å². The third-order valence-corrected chi connectivity index (χ3v) is 11.7. The summed E-state index contributed by atoms with van der Waals surface area (Å²) in [5.41, 5.74) is 2.18. The maximum Gasteiger partial charge on any atom is 0.171 e. The number of allylic oxidation sites excluding steroid dienone is 1. The highest BCUT2D eigenvalue weighted by atomic mass is 16.7. The molecule has 7 atom stereocenters. The van der Waals surface area contributed by atoms with Crippen LogP contribution in [-0.2, 0) is 25.6 Å². The molecule has 1 spiro atoms. The molecule has 0 amide bonds. The van der Waals surface area contributed by atoms with Crippen molar-refractivity contribution in [2.24, 2.45) is 17.3 Å². The molecule has 7 rings (SSSR count). The van der Waals surface area contributed by atoms with Gasteiger partial charge in [-0.1, -0.05) is 48.6 Å². The molecule has 3 unspecified atom stereocenters. The molecule has 2 saturated heterocycles. The minimum absolute atomic E-state index is 0.00640. The van der Waals surface area contributed by atoms with Gasteiger partial charge in [0.05, 0.1) is 25.4 Å². The number of aliphatic hydroxyl groups is 3. The van der Waals surface area contributed by atoms with E-state index in [1.165, 1.54) is 16.7 Å². The number of hydrogen-bond donors (Lipinski definition) is 3. The monoisotopic (exact) mass is 578 g/mol. The fraction of sp³-hybridized carbons (Fsp3) is 0.714. The maximum atomic E-state index is 12.3. The van der Waals surface area contributed by atoms with Gasteiger partial charge in [0, 0.05) is 30.8 Å². The highest BCUT2D eigenvalue weighted by molar-refractivity contribution is 5.45. The molecule has 7 heteroatoms. The van der Waals surface area contributed by atoms with Crippen molar-refractivity contribution in [2.45, 2.75) is 113 Å². The first kappa shape index (κ1) is 29.0. The normalized spacial score (nSPS) is 40.7. The summed E-state index contributed by atoms with van der Waals surface area (Å²) < 4.78 is 23.7. The van der Waals surface area contributed by atoms with E-state index in [1.807, 2.05) is 12.1 Å². The lowest BCUT2D eigenvalue weighted by Crippen LogP contribution is -2.55. The summed E-state index contributed by atoms with van der Waals surface area (Å²) in [6, 6.07) is 8.26. The molecule has 4 aliphatic carbocycles. The molecule has 5 fully saturated rings. The Morgan fingerprint density at radius 3 is 2.52 bits per heavy atom. The predicted molar refractivity (Wildman–Crippen MR) is 156 cm³/mol. The van der Waals surface area contributed by atoms with Crippen LogP contribution in [0.2, 0.25) is 0 Å². The van der Waals surface area contributed by atoms with Gasteiger partial charge in [-0.15, -0.1) is 0 Å². The van der Waals surface area contributed by atoms with Crippen LogP contribution in [0.4, 0.5) is 0 Å². The minimum Gasteiger partial charge on any atom is -0.392 e. The van der Waals surface area contributed by atoms with Gasteiger partial charge in [-0.25, -0.2) is 0 Å². The van der Waals surface area contributed by atoms with Crippen LogP contribution in [0, 0.1) is 29.1 Å². The van der Waals surface area contributed by atoms with Crippen molar-refractivity contribution in [3.05, 3.63) is 46.5 Å². The van der Waals surface area contributed by atoms with Crippen molar-refractivity contribution in [1.29, 1.82) is 0 Å². The smallest absolute Gasteiger partial charge is 0.171 e. The molecule has 1 aromatic rings. The first-order chi connectivity index (χ1) is 20.3. The second kappa shape index (κ2) is 11.0. The molecular weight excluding hydrogens is 532 g/mol. The van der Waals surface area contributed by atoms with Gasteiger partial charge in [-0.2, -0.15) is 0 Å². The zero-order chi connectivity index (χ0) is 29.0. The quantitative estimate of drug-likeness (QED) is 0.351. The Bertz CT molecular complexity index is 1250. The highest BCUT2D eigenvalue weighted by Gasteiger charge is 2.64. The van der Waals surface area contributed by atoms with Crippen LogP contribution in [-0.4, -0.2) is 65.0 Å². The molecular formula is C35H46O7. The van der Waals surface area contributed by atoms with Crippen LogP contribution in [0.5, 0.6) is 0 Å². The number of rotatable bonds is 4. The van der Waals surface area contributed by atoms with Crippen molar-refractivity contribution in [3.8, 4) is 11.8 Å². The Balaban J connectivity index is 1.23. The first-order valence-corrected chi connectivity index (χ1v) is 16.2. The number of hydrogen-bond acceptors (Lipinski definition) is 7. The molecule has 0 radical (unpaired) electrons. The van der Waals surface area contributed by atoms with E-state index >= 15 is 0 Å². The van der Waals surface area contributed by atoms with Gasteiger partial charge in [0.2, 0.25) is 0 Å². The van der Waals surface area contributed by atoms with Gasteiger partial charge in [-0.3, -0.25) is 0 Å². The van der Waals surface area contributed by atoms with Crippen molar-refractivity contribution in [2.75, 3.05) is 26.4 Å². The second-order valence-electron chi connectivity index (χ2n) is 13.9. The average Bonchev–Trinajstić information content (AvgIpc) is 3.56. The van der Waals surface area contributed by atoms with E-state index in [-0.39, 0.29) is 37.3 Å². The molecule has 228 valence electrons. The average molecular weight is 579 g/mol. The fourth-order valence-corrected chi connectivity index (χ4v) is 9.54. The first-order valence-electron chi connectivity index (χ1n) is 16.2. The Morgan fingerprint density at radius 2 is 1.79 bits per heavy atom. The summed E-state index contributed by atoms with van der Waals surface area (Å²) in [6.07, 6.45) is 8.79. The fourth-order valence-electron chi connectivity index (χ4n) is 9.54. The summed E-state index contributed by atoms with van der Waals surface area (Å²) in [7, 11) is 0. The molecule has 7 nitrogen and oxygen atoms in total. The van der Waals surface area contributed by atoms with Crippen LogP contribution in [0.15, 0.2) is 35.4 Å². The molecule has 0 bridgehead atoms. The molecule has 0 aromatic heterocycles. The molecule has 2 aliphatic heterocycles. The zero-order valence-electron chi connectivity index (χ0n) is 24.9. The van der Waals surface area contributed by atoms with E-state index in [1.54, 1.807) is 0 Å². The van der Waals surface area contributed by atoms with E-state index in [9.17, 15) is 15.3 Å². The van der Waals surface area contributed by atoms with Crippen molar-refractivity contribution >= 4 is 0 Å². The second-order valence-corrected chi connectivity index (χ2v) is 13.9. The number of benzene rings is 1. The van der Waals surface area contributed by atoms with Crippen LogP contribution in [0.3, 0.4) is 0 Å². The lowest BCUT2D eigenvalue weighted by molar-refractivity contribution is -0.208. The van der Waals surface area contributed by atoms with Crippen molar-refractivity contribution < 1.29 is 34.3 Å². The molecule has 2 heterocycles. The lowest BCUT2D eigenvalue weighted by atomic mass is 9.49. The molecule has 42 heavy (non-hydrogen) atoms. The minimum atomic E-state index is -1.11. The van der Waals surface area contributed by atoms with Gasteiger partial charge in [0.15, 0.2) is 12.1 Å². The molecule has 3 saturated carbocycles. The largest absolute Gasteiger partial charge is 0.392 e. The van der Waals surface area contributed by atoms with Crippen molar-refractivity contribution in [1.82, 2.24) is 0 Å².